The highest BCUT2D eigenvalue weighted by molar-refractivity contribution is 7.59. The fourth-order valence-corrected chi connectivity index (χ4v) is 7.02. The smallest absolute Gasteiger partial charge is 0.297 e. The van der Waals surface area contributed by atoms with Crippen molar-refractivity contribution in [2.24, 2.45) is 12.5 Å². The van der Waals surface area contributed by atoms with E-state index in [2.05, 4.69) is 41.1 Å². The summed E-state index contributed by atoms with van der Waals surface area (Å²) >= 11 is 0. The number of methoxy groups -OCH3 is 1. The van der Waals surface area contributed by atoms with Crippen LogP contribution in [0, 0.1) is 5.41 Å². The molecule has 1 atom stereocenters. The minimum absolute atomic E-state index is 0. The molecule has 6 heterocycles. The van der Waals surface area contributed by atoms with Crippen molar-refractivity contribution in [3.63, 3.8) is 0 Å². The second-order valence-electron chi connectivity index (χ2n) is 13.1. The van der Waals surface area contributed by atoms with Crippen LogP contribution in [0.15, 0.2) is 52.6 Å². The van der Waals surface area contributed by atoms with Crippen LogP contribution in [0.4, 0.5) is 11.5 Å². The number of aliphatic hydroxyl groups is 1. The number of aryl methyl sites for hydroxylation is 1. The molecule has 2 N–H and O–H groups in total. The molecule has 47 heavy (non-hydrogen) atoms. The van der Waals surface area contributed by atoms with Gasteiger partial charge in [-0.1, -0.05) is 13.8 Å². The summed E-state index contributed by atoms with van der Waals surface area (Å²) in [4.78, 5) is 33.8. The van der Waals surface area contributed by atoms with Gasteiger partial charge in [0.1, 0.15) is 17.5 Å². The predicted octanol–water partition coefficient (Wildman–Crippen LogP) is 2.94. The largest absolute Gasteiger partial charge is 0.392 e. The maximum absolute atomic E-state index is 13.7. The molecule has 14 heteroatoms. The van der Waals surface area contributed by atoms with Crippen LogP contribution < -0.4 is 16.4 Å². The molecule has 0 saturated heterocycles. The number of fused-ring (bicyclic) bond motifs is 4. The van der Waals surface area contributed by atoms with Crippen molar-refractivity contribution in [2.45, 2.75) is 52.8 Å². The second kappa shape index (κ2) is 12.4. The number of aliphatic hydroxyl groups excluding tert-OH is 1. The Morgan fingerprint density at radius 3 is 2.70 bits per heavy atom. The number of aromatic nitrogens is 7. The number of rotatable bonds is 8. The Morgan fingerprint density at radius 2 is 1.94 bits per heavy atom. The molecule has 13 nitrogen and oxygen atoms in total. The predicted molar refractivity (Wildman–Crippen MR) is 184 cm³/mol. The van der Waals surface area contributed by atoms with E-state index >= 15 is 0 Å². The van der Waals surface area contributed by atoms with E-state index in [1.165, 1.54) is 9.25 Å². The summed E-state index contributed by atoms with van der Waals surface area (Å²) in [6.45, 7) is 9.29. The minimum Gasteiger partial charge on any atom is -0.392 e. The van der Waals surface area contributed by atoms with Crippen LogP contribution >= 0.6 is 13.5 Å². The van der Waals surface area contributed by atoms with Gasteiger partial charge in [0.05, 0.1) is 25.5 Å². The van der Waals surface area contributed by atoms with Crippen LogP contribution in [0.1, 0.15) is 49.3 Å². The van der Waals surface area contributed by atoms with Crippen molar-refractivity contribution in [2.75, 3.05) is 32.1 Å². The van der Waals surface area contributed by atoms with Crippen molar-refractivity contribution < 1.29 is 9.84 Å². The molecule has 0 saturated carbocycles. The first-order valence-electron chi connectivity index (χ1n) is 15.6. The molecule has 0 radical (unpaired) electrons. The van der Waals surface area contributed by atoms with Crippen molar-refractivity contribution in [1.29, 1.82) is 0 Å². The van der Waals surface area contributed by atoms with Gasteiger partial charge in [-0.3, -0.25) is 23.6 Å². The zero-order chi connectivity index (χ0) is 32.3. The zero-order valence-corrected chi connectivity index (χ0v) is 28.3. The van der Waals surface area contributed by atoms with Gasteiger partial charge in [-0.25, -0.2) is 4.98 Å². The molecule has 7 rings (SSSR count). The molecule has 0 unspecified atom stereocenters. The first kappa shape index (κ1) is 32.7. The zero-order valence-electron chi connectivity index (χ0n) is 27.3. The Balaban J connectivity index is 0.00000386. The van der Waals surface area contributed by atoms with E-state index in [9.17, 15) is 14.7 Å². The van der Waals surface area contributed by atoms with Crippen LogP contribution in [-0.2, 0) is 37.8 Å². The number of anilines is 2. The third-order valence-corrected chi connectivity index (χ3v) is 9.36. The lowest BCUT2D eigenvalue weighted by Gasteiger charge is -2.33. The maximum atomic E-state index is 13.7. The Kier molecular flexibility index (Phi) is 8.63. The van der Waals surface area contributed by atoms with E-state index in [1.807, 2.05) is 21.2 Å². The van der Waals surface area contributed by atoms with E-state index in [4.69, 9.17) is 9.84 Å². The van der Waals surface area contributed by atoms with E-state index in [-0.39, 0.29) is 48.5 Å². The van der Waals surface area contributed by atoms with Crippen molar-refractivity contribution in [3.8, 4) is 16.9 Å². The van der Waals surface area contributed by atoms with E-state index in [0.29, 0.717) is 40.3 Å². The van der Waals surface area contributed by atoms with Crippen LogP contribution in [0.25, 0.3) is 22.5 Å². The third kappa shape index (κ3) is 5.69. The van der Waals surface area contributed by atoms with Gasteiger partial charge in [-0.15, -0.1) is 0 Å². The van der Waals surface area contributed by atoms with Crippen LogP contribution in [-0.4, -0.2) is 70.3 Å². The summed E-state index contributed by atoms with van der Waals surface area (Å²) < 4.78 is 11.9. The minimum atomic E-state index is -0.389. The number of hydrogen-bond donors (Lipinski definition) is 2. The first-order valence-corrected chi connectivity index (χ1v) is 15.6. The van der Waals surface area contributed by atoms with Gasteiger partial charge in [0.25, 0.3) is 11.1 Å². The van der Waals surface area contributed by atoms with Gasteiger partial charge < -0.3 is 19.7 Å². The average molecular weight is 660 g/mol. The summed E-state index contributed by atoms with van der Waals surface area (Å²) in [5, 5.41) is 23.1. The van der Waals surface area contributed by atoms with Gasteiger partial charge in [-0.2, -0.15) is 28.4 Å². The standard InChI is InChI=1S/C33H39N9O4.H2S/c1-20-26-14-29(37-41(26)9-8-39(20)10-11-46-5)36-25-12-22(17-38(4)31(25)44)23-6-7-34-30(24(23)18-43)42-32(45)27-13-21-15-33(2,3)16-28(21)40(27)19-35-42;/h6-7,12-14,17,19-20,43H,8-11,15-16,18H2,1-5H3,(H,36,37);1H2/t20-;/m0./s1. The molecule has 0 amide bonds. The van der Waals surface area contributed by atoms with E-state index in [0.717, 1.165) is 49.4 Å². The maximum Gasteiger partial charge on any atom is 0.297 e. The number of pyridine rings is 2. The quantitative estimate of drug-likeness (QED) is 0.258. The molecule has 2 aliphatic rings. The van der Waals surface area contributed by atoms with E-state index < -0.39 is 0 Å². The van der Waals surface area contributed by atoms with Crippen LogP contribution in [0.2, 0.25) is 0 Å². The van der Waals surface area contributed by atoms with Crippen LogP contribution in [0.5, 0.6) is 0 Å². The van der Waals surface area contributed by atoms with Crippen molar-refractivity contribution >= 4 is 30.5 Å². The Morgan fingerprint density at radius 1 is 1.13 bits per heavy atom. The number of nitrogens with one attached hydrogen (secondary N) is 1. The van der Waals surface area contributed by atoms with Gasteiger partial charge in [0, 0.05) is 68.6 Å². The van der Waals surface area contributed by atoms with Crippen molar-refractivity contribution in [1.82, 2.24) is 38.4 Å². The molecular weight excluding hydrogens is 618 g/mol. The highest BCUT2D eigenvalue weighted by Crippen LogP contribution is 2.37. The Bertz CT molecular complexity index is 2090. The first-order chi connectivity index (χ1) is 22.1. The molecular formula is C33H41N9O4S. The molecule has 5 aromatic heterocycles. The van der Waals surface area contributed by atoms with Gasteiger partial charge >= 0.3 is 0 Å². The molecule has 0 aromatic carbocycles. The highest BCUT2D eigenvalue weighted by Gasteiger charge is 2.32. The average Bonchev–Trinajstić information content (AvgIpc) is 3.69. The summed E-state index contributed by atoms with van der Waals surface area (Å²) in [5.41, 5.74) is 5.53. The Labute approximate surface area is 278 Å². The Hall–Kier alpha value is -4.24. The van der Waals surface area contributed by atoms with Gasteiger partial charge in [0.2, 0.25) is 0 Å². The van der Waals surface area contributed by atoms with Gasteiger partial charge in [0.15, 0.2) is 11.6 Å². The summed E-state index contributed by atoms with van der Waals surface area (Å²) in [7, 11) is 3.38. The summed E-state index contributed by atoms with van der Waals surface area (Å²) in [6, 6.07) is 7.59. The SMILES string of the molecule is COCCN1CCn2nc(Nc3cc(-c4ccnc(-n5ncn6c7c(cc6c5=O)CC(C)(C)C7)c4CO)cn(C)c3=O)cc2[C@@H]1C.S. The molecule has 0 fully saturated rings. The molecule has 248 valence electrons. The monoisotopic (exact) mass is 659 g/mol. The third-order valence-electron chi connectivity index (χ3n) is 9.36. The fourth-order valence-electron chi connectivity index (χ4n) is 7.02. The lowest BCUT2D eigenvalue weighted by molar-refractivity contribution is 0.104. The summed E-state index contributed by atoms with van der Waals surface area (Å²) in [6.07, 6.45) is 6.71. The van der Waals surface area contributed by atoms with Gasteiger partial charge in [-0.05, 0) is 54.5 Å². The van der Waals surface area contributed by atoms with Crippen molar-refractivity contribution in [3.05, 3.63) is 86.2 Å². The molecule has 1 aliphatic carbocycles. The second-order valence-corrected chi connectivity index (χ2v) is 13.1. The molecule has 5 aromatic rings. The lowest BCUT2D eigenvalue weighted by Crippen LogP contribution is -2.38. The molecule has 0 bridgehead atoms. The normalized spacial score (nSPS) is 17.0. The molecule has 1 aliphatic heterocycles. The number of nitrogens with zero attached hydrogens (tertiary/aromatic N) is 8. The highest BCUT2D eigenvalue weighted by atomic mass is 32.1. The summed E-state index contributed by atoms with van der Waals surface area (Å²) in [5.74, 6) is 0.820. The molecule has 0 spiro atoms. The van der Waals surface area contributed by atoms with Crippen LogP contribution in [0.3, 0.4) is 0 Å². The number of hydrogen-bond acceptors (Lipinski definition) is 9. The number of ether oxygens (including phenoxy) is 1. The lowest BCUT2D eigenvalue weighted by atomic mass is 9.90. The van der Waals surface area contributed by atoms with E-state index in [1.54, 1.807) is 45.0 Å². The fraction of sp³-hybridized carbons (Fsp3) is 0.424. The topological polar surface area (TPSA) is 137 Å².